The number of nitrogens with two attached hydrogens (primary N) is 1. The van der Waals surface area contributed by atoms with Crippen molar-refractivity contribution in [1.82, 2.24) is 0 Å². The molecule has 0 rings (SSSR count). The number of rotatable bonds is 16. The summed E-state index contributed by atoms with van der Waals surface area (Å²) in [6.45, 7) is 2.22. The third-order valence-corrected chi connectivity index (χ3v) is 4.19. The molecule has 0 aliphatic heterocycles. The zero-order valence-electron chi connectivity index (χ0n) is 15.6. The van der Waals surface area contributed by atoms with Crippen molar-refractivity contribution in [3.8, 4) is 0 Å². The lowest BCUT2D eigenvalue weighted by Crippen LogP contribution is -2.30. The molecule has 0 aromatic rings. The lowest BCUT2D eigenvalue weighted by molar-refractivity contribution is -0.159. The van der Waals surface area contributed by atoms with E-state index in [0.717, 1.165) is 19.3 Å². The number of hydrogen-bond donors (Lipinski definition) is 2. The second-order valence-corrected chi connectivity index (χ2v) is 6.62. The van der Waals surface area contributed by atoms with E-state index in [1.807, 2.05) is 0 Å². The zero-order valence-corrected chi connectivity index (χ0v) is 15.6. The maximum Gasteiger partial charge on any atom is 0.320 e. The number of carbonyl (C=O) groups is 3. The van der Waals surface area contributed by atoms with Gasteiger partial charge in [-0.05, 0) is 12.8 Å². The minimum absolute atomic E-state index is 0.0279. The summed E-state index contributed by atoms with van der Waals surface area (Å²) in [5.41, 5.74) is 5.28. The molecule has 0 amide bonds. The van der Waals surface area contributed by atoms with E-state index in [9.17, 15) is 14.4 Å². The molecule has 6 nitrogen and oxygen atoms in total. The number of carbonyl (C=O) groups excluding carboxylic acids is 2. The molecule has 0 radical (unpaired) electrons. The van der Waals surface area contributed by atoms with E-state index in [0.29, 0.717) is 0 Å². The number of aliphatic carboxylic acids is 1. The summed E-state index contributed by atoms with van der Waals surface area (Å²) in [4.78, 5) is 33.4. The van der Waals surface area contributed by atoms with Gasteiger partial charge in [-0.2, -0.15) is 0 Å². The maximum atomic E-state index is 11.5. The molecule has 0 saturated heterocycles. The van der Waals surface area contributed by atoms with Crippen LogP contribution in [0, 0.1) is 0 Å². The number of esters is 2. The summed E-state index contributed by atoms with van der Waals surface area (Å²) in [6.07, 6.45) is 13.2. The number of unbranched alkanes of at least 4 members (excludes halogenated alkanes) is 10. The first kappa shape index (κ1) is 23.6. The van der Waals surface area contributed by atoms with Crippen molar-refractivity contribution in [3.05, 3.63) is 0 Å². The normalized spacial score (nSPS) is 11.9. The van der Waals surface area contributed by atoms with Crippen LogP contribution in [0.3, 0.4) is 0 Å². The highest BCUT2D eigenvalue weighted by atomic mass is 16.6. The van der Waals surface area contributed by atoms with Gasteiger partial charge in [0.25, 0.3) is 0 Å². The van der Waals surface area contributed by atoms with Crippen molar-refractivity contribution in [2.45, 2.75) is 103 Å². The van der Waals surface area contributed by atoms with E-state index >= 15 is 0 Å². The summed E-state index contributed by atoms with van der Waals surface area (Å²) in [5, 5.41) is 8.60. The minimum atomic E-state index is -1.17. The molecule has 0 saturated carbocycles. The van der Waals surface area contributed by atoms with Crippen molar-refractivity contribution < 1.29 is 24.2 Å². The Morgan fingerprint density at radius 1 is 0.800 bits per heavy atom. The minimum Gasteiger partial charge on any atom is -0.480 e. The van der Waals surface area contributed by atoms with Crippen molar-refractivity contribution in [1.29, 1.82) is 0 Å². The molecule has 0 heterocycles. The molecule has 1 atom stereocenters. The molecule has 0 bridgehead atoms. The average Bonchev–Trinajstić information content (AvgIpc) is 2.57. The second kappa shape index (κ2) is 16.1. The van der Waals surface area contributed by atoms with Gasteiger partial charge in [-0.25, -0.2) is 0 Å². The Bertz CT molecular complexity index is 384. The fraction of sp³-hybridized carbons (Fsp3) is 0.842. The van der Waals surface area contributed by atoms with E-state index in [1.165, 1.54) is 51.4 Å². The number of carboxylic acid groups (broad SMARTS) is 1. The van der Waals surface area contributed by atoms with Crippen LogP contribution in [0.1, 0.15) is 96.8 Å². The van der Waals surface area contributed by atoms with Crippen LogP contribution in [0.5, 0.6) is 0 Å². The molecule has 0 aromatic heterocycles. The first-order valence-corrected chi connectivity index (χ1v) is 9.69. The van der Waals surface area contributed by atoms with E-state index in [4.69, 9.17) is 10.8 Å². The SMILES string of the molecule is CCCCCCCCCCCCCC(=O)OC(=O)CC[C@H](N)C(=O)O. The summed E-state index contributed by atoms with van der Waals surface area (Å²) >= 11 is 0. The highest BCUT2D eigenvalue weighted by molar-refractivity contribution is 5.85. The largest absolute Gasteiger partial charge is 0.480 e. The van der Waals surface area contributed by atoms with Crippen molar-refractivity contribution in [2.75, 3.05) is 0 Å². The van der Waals surface area contributed by atoms with Gasteiger partial charge in [-0.1, -0.05) is 71.1 Å². The molecule has 0 aromatic carbocycles. The summed E-state index contributed by atoms with van der Waals surface area (Å²) in [5.74, 6) is -2.41. The smallest absolute Gasteiger partial charge is 0.320 e. The van der Waals surface area contributed by atoms with Crippen LogP contribution in [-0.4, -0.2) is 29.1 Å². The fourth-order valence-corrected chi connectivity index (χ4v) is 2.56. The lowest BCUT2D eigenvalue weighted by atomic mass is 10.1. The molecule has 25 heavy (non-hydrogen) atoms. The van der Waals surface area contributed by atoms with E-state index < -0.39 is 23.9 Å². The van der Waals surface area contributed by atoms with Crippen LogP contribution in [0.25, 0.3) is 0 Å². The predicted octanol–water partition coefficient (Wildman–Crippen LogP) is 3.95. The van der Waals surface area contributed by atoms with Gasteiger partial charge in [-0.3, -0.25) is 14.4 Å². The molecular weight excluding hydrogens is 322 g/mol. The van der Waals surface area contributed by atoms with Crippen molar-refractivity contribution >= 4 is 17.9 Å². The number of hydrogen-bond acceptors (Lipinski definition) is 5. The van der Waals surface area contributed by atoms with Gasteiger partial charge in [0.1, 0.15) is 6.04 Å². The van der Waals surface area contributed by atoms with Gasteiger partial charge in [0.05, 0.1) is 0 Å². The molecule has 0 fully saturated rings. The summed E-state index contributed by atoms with van der Waals surface area (Å²) in [7, 11) is 0. The average molecular weight is 357 g/mol. The van der Waals surface area contributed by atoms with Gasteiger partial charge in [0, 0.05) is 12.8 Å². The Morgan fingerprint density at radius 3 is 1.72 bits per heavy atom. The predicted molar refractivity (Wildman–Crippen MR) is 97.0 cm³/mol. The standard InChI is InChI=1S/C19H35NO5/c1-2-3-4-5-6-7-8-9-10-11-12-13-17(21)25-18(22)15-14-16(20)19(23)24/h16H,2-15,20H2,1H3,(H,23,24)/t16-/m0/s1. The topological polar surface area (TPSA) is 107 Å². The van der Waals surface area contributed by atoms with Crippen molar-refractivity contribution in [2.24, 2.45) is 5.73 Å². The molecule has 146 valence electrons. The maximum absolute atomic E-state index is 11.5. The van der Waals surface area contributed by atoms with Crippen molar-refractivity contribution in [3.63, 3.8) is 0 Å². The highest BCUT2D eigenvalue weighted by Crippen LogP contribution is 2.12. The molecule has 0 aliphatic rings. The Hall–Kier alpha value is -1.43. The van der Waals surface area contributed by atoms with Gasteiger partial charge >= 0.3 is 17.9 Å². The third-order valence-electron chi connectivity index (χ3n) is 4.19. The highest BCUT2D eigenvalue weighted by Gasteiger charge is 2.16. The van der Waals surface area contributed by atoms with Crippen LogP contribution < -0.4 is 5.73 Å². The number of carboxylic acids is 1. The summed E-state index contributed by atoms with van der Waals surface area (Å²) < 4.78 is 4.65. The van der Waals surface area contributed by atoms with Crippen LogP contribution in [0.2, 0.25) is 0 Å². The fourth-order valence-electron chi connectivity index (χ4n) is 2.56. The van der Waals surface area contributed by atoms with Gasteiger partial charge in [0.2, 0.25) is 0 Å². The monoisotopic (exact) mass is 357 g/mol. The van der Waals surface area contributed by atoms with Crippen LogP contribution >= 0.6 is 0 Å². The first-order valence-electron chi connectivity index (χ1n) is 9.69. The Balaban J connectivity index is 3.43. The zero-order chi connectivity index (χ0) is 18.9. The van der Waals surface area contributed by atoms with Crippen LogP contribution in [0.15, 0.2) is 0 Å². The Kier molecular flexibility index (Phi) is 15.1. The first-order chi connectivity index (χ1) is 12.0. The quantitative estimate of drug-likeness (QED) is 0.246. The Labute approximate surface area is 151 Å². The van der Waals surface area contributed by atoms with Gasteiger partial charge in [-0.15, -0.1) is 0 Å². The molecule has 0 spiro atoms. The molecule has 3 N–H and O–H groups in total. The molecule has 6 heteroatoms. The van der Waals surface area contributed by atoms with E-state index in [-0.39, 0.29) is 19.3 Å². The Morgan fingerprint density at radius 2 is 1.24 bits per heavy atom. The van der Waals surface area contributed by atoms with E-state index in [1.54, 1.807) is 0 Å². The molecule has 0 unspecified atom stereocenters. The number of ether oxygens (including phenoxy) is 1. The van der Waals surface area contributed by atoms with Gasteiger partial charge < -0.3 is 15.6 Å². The van der Waals surface area contributed by atoms with E-state index in [2.05, 4.69) is 11.7 Å². The third kappa shape index (κ3) is 15.8. The van der Waals surface area contributed by atoms with Gasteiger partial charge in [0.15, 0.2) is 0 Å². The summed E-state index contributed by atoms with van der Waals surface area (Å²) in [6, 6.07) is -1.10. The second-order valence-electron chi connectivity index (χ2n) is 6.62. The lowest BCUT2D eigenvalue weighted by Gasteiger charge is -2.06. The van der Waals surface area contributed by atoms with Crippen LogP contribution in [-0.2, 0) is 19.1 Å². The molecule has 0 aliphatic carbocycles. The van der Waals surface area contributed by atoms with Crippen LogP contribution in [0.4, 0.5) is 0 Å². The molecular formula is C19H35NO5.